The summed E-state index contributed by atoms with van der Waals surface area (Å²) in [6.07, 6.45) is 0. The van der Waals surface area contributed by atoms with Crippen LogP contribution in [0.15, 0.2) is 30.3 Å². The first kappa shape index (κ1) is 16.4. The van der Waals surface area contributed by atoms with Crippen molar-refractivity contribution in [3.8, 4) is 5.75 Å². The third-order valence-corrected chi connectivity index (χ3v) is 3.80. The van der Waals surface area contributed by atoms with Gasteiger partial charge in [-0.25, -0.2) is 0 Å². The van der Waals surface area contributed by atoms with Gasteiger partial charge in [0.25, 0.3) is 5.91 Å². The number of nitro groups is 1. The minimum Gasteiger partial charge on any atom is -0.495 e. The Morgan fingerprint density at radius 3 is 2.52 bits per heavy atom. The van der Waals surface area contributed by atoms with Crippen molar-refractivity contribution in [3.05, 3.63) is 45.3 Å². The van der Waals surface area contributed by atoms with Gasteiger partial charge in [0.05, 0.1) is 22.6 Å². The fraction of sp³-hybridized carbons (Fsp3) is 0.143. The van der Waals surface area contributed by atoms with Gasteiger partial charge in [0.1, 0.15) is 5.75 Å². The van der Waals surface area contributed by atoms with Crippen LogP contribution in [0.5, 0.6) is 5.75 Å². The second-order valence-electron chi connectivity index (χ2n) is 4.45. The Morgan fingerprint density at radius 1 is 1.22 bits per heavy atom. The Balaban J connectivity index is 2.19. The number of rotatable bonds is 5. The van der Waals surface area contributed by atoms with E-state index in [-0.39, 0.29) is 15.8 Å². The quantitative estimate of drug-likeness (QED) is 0.645. The highest BCUT2D eigenvalue weighted by molar-refractivity contribution is 7.17. The smallest absolute Gasteiger partial charge is 0.324 e. The molecular formula is C14H13N3O5S. The van der Waals surface area contributed by atoms with Gasteiger partial charge >= 0.3 is 5.00 Å². The third-order valence-electron chi connectivity index (χ3n) is 2.76. The lowest BCUT2D eigenvalue weighted by molar-refractivity contribution is -0.380. The maximum atomic E-state index is 12.1. The molecule has 0 fully saturated rings. The van der Waals surface area contributed by atoms with Crippen molar-refractivity contribution in [1.29, 1.82) is 0 Å². The number of hydrogen-bond acceptors (Lipinski definition) is 6. The number of nitrogens with zero attached hydrogens (tertiary/aromatic N) is 1. The number of thiophene rings is 1. The van der Waals surface area contributed by atoms with Crippen molar-refractivity contribution in [3.63, 3.8) is 0 Å². The van der Waals surface area contributed by atoms with Crippen LogP contribution in [0.1, 0.15) is 16.6 Å². The van der Waals surface area contributed by atoms with E-state index in [9.17, 15) is 19.7 Å². The molecule has 0 saturated heterocycles. The number of hydrogen-bond donors (Lipinski definition) is 2. The minimum atomic E-state index is -0.552. The van der Waals surface area contributed by atoms with Crippen molar-refractivity contribution in [2.24, 2.45) is 0 Å². The predicted molar refractivity (Wildman–Crippen MR) is 86.2 cm³/mol. The van der Waals surface area contributed by atoms with E-state index in [4.69, 9.17) is 4.74 Å². The number of anilines is 2. The van der Waals surface area contributed by atoms with Crippen LogP contribution in [-0.2, 0) is 4.79 Å². The third kappa shape index (κ3) is 4.04. The maximum absolute atomic E-state index is 12.1. The number of methoxy groups -OCH3 is 1. The molecule has 2 rings (SSSR count). The molecule has 0 saturated carbocycles. The van der Waals surface area contributed by atoms with Gasteiger partial charge in [-0.1, -0.05) is 11.3 Å². The normalized spacial score (nSPS) is 10.0. The molecule has 2 aromatic rings. The molecule has 0 bridgehead atoms. The molecule has 0 spiro atoms. The molecule has 9 heteroatoms. The summed E-state index contributed by atoms with van der Waals surface area (Å²) >= 11 is 0.785. The number of carbonyl (C=O) groups is 2. The molecule has 0 aliphatic heterocycles. The van der Waals surface area contributed by atoms with Crippen LogP contribution < -0.4 is 15.4 Å². The summed E-state index contributed by atoms with van der Waals surface area (Å²) in [4.78, 5) is 33.6. The summed E-state index contributed by atoms with van der Waals surface area (Å²) in [7, 11) is 1.46. The van der Waals surface area contributed by atoms with Crippen LogP contribution in [-0.4, -0.2) is 23.8 Å². The first-order chi connectivity index (χ1) is 10.9. The zero-order chi connectivity index (χ0) is 17.0. The first-order valence-electron chi connectivity index (χ1n) is 6.42. The van der Waals surface area contributed by atoms with E-state index in [0.717, 1.165) is 11.3 Å². The lowest BCUT2D eigenvalue weighted by atomic mass is 10.2. The van der Waals surface area contributed by atoms with E-state index in [2.05, 4.69) is 10.6 Å². The van der Waals surface area contributed by atoms with Crippen molar-refractivity contribution in [1.82, 2.24) is 0 Å². The summed E-state index contributed by atoms with van der Waals surface area (Å²) in [6.45, 7) is 1.36. The molecular weight excluding hydrogens is 322 g/mol. The van der Waals surface area contributed by atoms with Gasteiger partial charge in [0, 0.05) is 18.7 Å². The second kappa shape index (κ2) is 6.88. The van der Waals surface area contributed by atoms with Gasteiger partial charge in [-0.05, 0) is 24.3 Å². The highest BCUT2D eigenvalue weighted by atomic mass is 32.1. The fourth-order valence-corrected chi connectivity index (χ4v) is 2.53. The Hall–Kier alpha value is -2.94. The fourth-order valence-electron chi connectivity index (χ4n) is 1.81. The largest absolute Gasteiger partial charge is 0.495 e. The molecule has 0 aliphatic carbocycles. The number of carbonyl (C=O) groups excluding carboxylic acids is 2. The maximum Gasteiger partial charge on any atom is 0.324 e. The van der Waals surface area contributed by atoms with Gasteiger partial charge < -0.3 is 15.4 Å². The van der Waals surface area contributed by atoms with Crippen molar-refractivity contribution >= 4 is 39.5 Å². The van der Waals surface area contributed by atoms with Crippen LogP contribution in [0.3, 0.4) is 0 Å². The molecule has 0 unspecified atom stereocenters. The van der Waals surface area contributed by atoms with E-state index in [1.165, 1.54) is 26.2 Å². The van der Waals surface area contributed by atoms with E-state index < -0.39 is 10.8 Å². The zero-order valence-electron chi connectivity index (χ0n) is 12.3. The average molecular weight is 335 g/mol. The van der Waals surface area contributed by atoms with Crippen molar-refractivity contribution in [2.75, 3.05) is 17.7 Å². The summed E-state index contributed by atoms with van der Waals surface area (Å²) in [6, 6.07) is 7.40. The standard InChI is InChI=1S/C14H13N3O5S/c1-8(18)15-10-7-9(3-4-11(10)22-2)16-14(19)12-5-6-13(23-12)17(20)21/h3-7H,1-2H3,(H,15,18)(H,16,19). The Kier molecular flexibility index (Phi) is 4.91. The Labute approximate surface area is 135 Å². The Morgan fingerprint density at radius 2 is 1.96 bits per heavy atom. The van der Waals surface area contributed by atoms with Crippen LogP contribution in [0.4, 0.5) is 16.4 Å². The van der Waals surface area contributed by atoms with Gasteiger partial charge in [-0.3, -0.25) is 19.7 Å². The molecule has 2 N–H and O–H groups in total. The molecule has 1 aromatic carbocycles. The number of nitrogens with one attached hydrogen (secondary N) is 2. The first-order valence-corrected chi connectivity index (χ1v) is 7.23. The average Bonchev–Trinajstić information content (AvgIpc) is 2.97. The minimum absolute atomic E-state index is 0.108. The second-order valence-corrected chi connectivity index (χ2v) is 5.51. The monoisotopic (exact) mass is 335 g/mol. The molecule has 1 heterocycles. The van der Waals surface area contributed by atoms with Gasteiger partial charge in [-0.2, -0.15) is 0 Å². The lowest BCUT2D eigenvalue weighted by Gasteiger charge is -2.11. The van der Waals surface area contributed by atoms with Crippen LogP contribution in [0.25, 0.3) is 0 Å². The number of ether oxygens (including phenoxy) is 1. The van der Waals surface area contributed by atoms with Gasteiger partial charge in [0.15, 0.2) is 0 Å². The topological polar surface area (TPSA) is 111 Å². The van der Waals surface area contributed by atoms with Crippen molar-refractivity contribution in [2.45, 2.75) is 6.92 Å². The van der Waals surface area contributed by atoms with Gasteiger partial charge in [0.2, 0.25) is 5.91 Å². The Bertz CT molecular complexity index is 772. The molecule has 0 atom stereocenters. The molecule has 8 nitrogen and oxygen atoms in total. The van der Waals surface area contributed by atoms with Crippen LogP contribution in [0.2, 0.25) is 0 Å². The highest BCUT2D eigenvalue weighted by Crippen LogP contribution is 2.29. The van der Waals surface area contributed by atoms with Crippen LogP contribution >= 0.6 is 11.3 Å². The highest BCUT2D eigenvalue weighted by Gasteiger charge is 2.16. The van der Waals surface area contributed by atoms with Gasteiger partial charge in [-0.15, -0.1) is 0 Å². The summed E-state index contributed by atoms with van der Waals surface area (Å²) < 4.78 is 5.12. The van der Waals surface area contributed by atoms with E-state index in [1.807, 2.05) is 0 Å². The number of benzene rings is 1. The summed E-state index contributed by atoms with van der Waals surface area (Å²) in [5, 5.41) is 15.7. The summed E-state index contributed by atoms with van der Waals surface area (Å²) in [5.74, 6) is -0.298. The van der Waals surface area contributed by atoms with Crippen molar-refractivity contribution < 1.29 is 19.2 Å². The van der Waals surface area contributed by atoms with E-state index in [0.29, 0.717) is 17.1 Å². The molecule has 0 radical (unpaired) electrons. The lowest BCUT2D eigenvalue weighted by Crippen LogP contribution is -2.11. The van der Waals surface area contributed by atoms with E-state index in [1.54, 1.807) is 18.2 Å². The molecule has 120 valence electrons. The number of amides is 2. The molecule has 2 amide bonds. The molecule has 0 aliphatic rings. The zero-order valence-corrected chi connectivity index (χ0v) is 13.1. The van der Waals surface area contributed by atoms with Crippen LogP contribution in [0, 0.1) is 10.1 Å². The molecule has 1 aromatic heterocycles. The summed E-state index contributed by atoms with van der Waals surface area (Å²) in [5.41, 5.74) is 0.838. The molecule has 23 heavy (non-hydrogen) atoms. The SMILES string of the molecule is COc1ccc(NC(=O)c2ccc([N+](=O)[O-])s2)cc1NC(C)=O. The van der Waals surface area contributed by atoms with E-state index >= 15 is 0 Å². The predicted octanol–water partition coefficient (Wildman–Crippen LogP) is 2.88.